The Morgan fingerprint density at radius 3 is 1.60 bits per heavy atom. The minimum Gasteiger partial charge on any atom is -0.455 e. The van der Waals surface area contributed by atoms with Gasteiger partial charge in [0, 0.05) is 90.2 Å². The van der Waals surface area contributed by atoms with Crippen molar-refractivity contribution in [3.63, 3.8) is 0 Å². The van der Waals surface area contributed by atoms with Crippen LogP contribution in [0.3, 0.4) is 0 Å². The summed E-state index contributed by atoms with van der Waals surface area (Å²) in [5.74, 6) is 0. The highest BCUT2D eigenvalue weighted by molar-refractivity contribution is 7.00. The first-order valence-corrected chi connectivity index (χ1v) is 33.7. The highest BCUT2D eigenvalue weighted by Crippen LogP contribution is 2.53. The number of allylic oxidation sites excluding steroid dienone is 2. The maximum atomic E-state index is 7.07. The molecule has 0 saturated heterocycles. The molecule has 0 atom stereocenters. The third-order valence-corrected chi connectivity index (χ3v) is 21.6. The Kier molecular flexibility index (Phi) is 11.3. The van der Waals surface area contributed by atoms with Crippen molar-refractivity contribution in [1.29, 1.82) is 0 Å². The van der Waals surface area contributed by atoms with Gasteiger partial charge in [-0.3, -0.25) is 4.98 Å². The summed E-state index contributed by atoms with van der Waals surface area (Å²) in [7, 11) is 0. The maximum Gasteiger partial charge on any atom is 0.252 e. The molecule has 0 unspecified atom stereocenters. The van der Waals surface area contributed by atoms with E-state index >= 15 is 0 Å². The fourth-order valence-electron chi connectivity index (χ4n) is 17.0. The molecule has 0 N–H and O–H groups in total. The fourth-order valence-corrected chi connectivity index (χ4v) is 17.0. The minimum atomic E-state index is -0.180. The number of aromatic nitrogens is 2. The Morgan fingerprint density at radius 2 is 0.969 bits per heavy atom. The Labute approximate surface area is 555 Å². The molecular weight excluding hydrogens is 1170 g/mol. The summed E-state index contributed by atoms with van der Waals surface area (Å²) in [5, 5.41) is 21.8. The predicted octanol–water partition coefficient (Wildman–Crippen LogP) is 22.6. The van der Waals surface area contributed by atoms with Crippen molar-refractivity contribution in [3.8, 4) is 39.1 Å². The zero-order chi connectivity index (χ0) is 64.2. The SMILES string of the molecule is C=C(/C=C\CN1c2ccc(C(C)(C)C)cc2B2c3c1cc(-c1c(-c4cccc5c4oc4ccccc45)cccc1-c1cccc4c1oc1ccncc14)cc3-n1c3ccc4c5ccccc5c5ccccc5c4c3c3c4c5ccccc5c5ccccc5c4cc2c31)C(C)(C)C. The Balaban J connectivity index is 1.01. The fraction of sp³-hybridized carbons (Fsp3) is 0.100. The van der Waals surface area contributed by atoms with Gasteiger partial charge in [-0.2, -0.15) is 0 Å². The number of pyridine rings is 1. The standard InChI is InChI=1S/C90H64BN3O2/c1-51(89(2,3)4)22-21-45-93-74-41-39-53(90(5,6)7)48-72(74)91-73-49-70-59-28-11-9-24-55(59)57-26-13-15-31-62(57)82(70)84-83-75(42-40-65-58-27-10-8-23-54(58)56-25-12-14-30-61(56)81(65)83)94(86(73)84)77-47-52(46-76(93)85(77)91)80-63(67-35-19-34-66-60-29-16-17-38-78(60)95-87(66)67)32-18-33-64(80)68-36-20-37-69-71-50-92-44-43-79(71)96-88(68)69/h8-44,46-50H,1,45H2,2-7H3/b22-21-. The number of para-hydroxylation sites is 3. The summed E-state index contributed by atoms with van der Waals surface area (Å²) in [6.07, 6.45) is 8.36. The van der Waals surface area contributed by atoms with E-state index in [0.717, 1.165) is 94.2 Å². The third-order valence-electron chi connectivity index (χ3n) is 21.6. The molecule has 0 radical (unpaired) electrons. The van der Waals surface area contributed by atoms with Crippen molar-refractivity contribution in [1.82, 2.24) is 9.55 Å². The van der Waals surface area contributed by atoms with Crippen molar-refractivity contribution >= 4 is 165 Å². The van der Waals surface area contributed by atoms with E-state index in [1.54, 1.807) is 0 Å². The second-order valence-electron chi connectivity index (χ2n) is 28.8. The van der Waals surface area contributed by atoms with Gasteiger partial charge >= 0.3 is 0 Å². The van der Waals surface area contributed by atoms with Crippen molar-refractivity contribution < 1.29 is 8.83 Å². The van der Waals surface area contributed by atoms with Gasteiger partial charge in [-0.1, -0.05) is 260 Å². The van der Waals surface area contributed by atoms with Crippen LogP contribution in [0.4, 0.5) is 11.4 Å². The topological polar surface area (TPSA) is 47.3 Å². The zero-order valence-electron chi connectivity index (χ0n) is 54.4. The number of rotatable bonds is 6. The van der Waals surface area contributed by atoms with E-state index in [2.05, 4.69) is 299 Å². The monoisotopic (exact) mass is 1230 g/mol. The van der Waals surface area contributed by atoms with Crippen molar-refractivity contribution in [2.24, 2.45) is 5.41 Å². The van der Waals surface area contributed by atoms with Gasteiger partial charge in [0.2, 0.25) is 0 Å². The summed E-state index contributed by atoms with van der Waals surface area (Å²) in [4.78, 5) is 7.23. The van der Waals surface area contributed by atoms with Gasteiger partial charge in [-0.15, -0.1) is 0 Å². The van der Waals surface area contributed by atoms with Crippen LogP contribution in [0.5, 0.6) is 0 Å². The molecule has 0 saturated carbocycles. The number of anilines is 2. The predicted molar refractivity (Wildman–Crippen MR) is 409 cm³/mol. The third kappa shape index (κ3) is 7.61. The summed E-state index contributed by atoms with van der Waals surface area (Å²) in [6.45, 7) is 18.9. The summed E-state index contributed by atoms with van der Waals surface area (Å²) >= 11 is 0. The minimum absolute atomic E-state index is 0.116. The maximum absolute atomic E-state index is 7.07. The van der Waals surface area contributed by atoms with Crippen LogP contribution in [0.15, 0.2) is 276 Å². The van der Waals surface area contributed by atoms with Crippen molar-refractivity contribution in [2.75, 3.05) is 11.4 Å². The molecular formula is C90H64BN3O2. The molecule has 6 heterocycles. The summed E-state index contributed by atoms with van der Waals surface area (Å²) in [6, 6.07) is 87.0. The second kappa shape index (κ2) is 19.8. The molecule has 2 aliphatic rings. The van der Waals surface area contributed by atoms with Gasteiger partial charge in [0.25, 0.3) is 6.71 Å². The lowest BCUT2D eigenvalue weighted by atomic mass is 9.33. The van der Waals surface area contributed by atoms with E-state index < -0.39 is 0 Å². The average Bonchev–Trinajstić information content (AvgIpc) is 1.39. The van der Waals surface area contributed by atoms with Gasteiger partial charge in [-0.05, 0) is 145 Å². The molecule has 2 aliphatic heterocycles. The molecule has 0 amide bonds. The van der Waals surface area contributed by atoms with Crippen LogP contribution in [0, 0.1) is 5.41 Å². The van der Waals surface area contributed by atoms with E-state index in [0.29, 0.717) is 6.54 Å². The zero-order valence-corrected chi connectivity index (χ0v) is 54.4. The van der Waals surface area contributed by atoms with E-state index in [9.17, 15) is 0 Å². The molecule has 5 nitrogen and oxygen atoms in total. The molecule has 454 valence electrons. The van der Waals surface area contributed by atoms with E-state index in [1.807, 2.05) is 18.5 Å². The van der Waals surface area contributed by atoms with Gasteiger partial charge in [-0.25, -0.2) is 0 Å². The van der Waals surface area contributed by atoms with Crippen LogP contribution in [0.25, 0.3) is 169 Å². The van der Waals surface area contributed by atoms with Gasteiger partial charge in [0.15, 0.2) is 0 Å². The number of hydrogen-bond donors (Lipinski definition) is 0. The number of benzene rings is 14. The highest BCUT2D eigenvalue weighted by atomic mass is 16.3. The van der Waals surface area contributed by atoms with E-state index in [4.69, 9.17) is 8.83 Å². The lowest BCUT2D eigenvalue weighted by Gasteiger charge is -2.41. The summed E-state index contributed by atoms with van der Waals surface area (Å²) in [5.41, 5.74) is 21.6. The molecule has 18 aromatic rings. The number of hydrogen-bond acceptors (Lipinski definition) is 4. The first kappa shape index (κ1) is 55.0. The lowest BCUT2D eigenvalue weighted by Crippen LogP contribution is -2.61. The lowest BCUT2D eigenvalue weighted by molar-refractivity contribution is 0.519. The second-order valence-corrected chi connectivity index (χ2v) is 28.8. The smallest absolute Gasteiger partial charge is 0.252 e. The van der Waals surface area contributed by atoms with Crippen LogP contribution in [-0.4, -0.2) is 22.8 Å². The molecule has 0 fully saturated rings. The molecule has 96 heavy (non-hydrogen) atoms. The largest absolute Gasteiger partial charge is 0.455 e. The van der Waals surface area contributed by atoms with Crippen LogP contribution in [0.2, 0.25) is 0 Å². The van der Waals surface area contributed by atoms with Gasteiger partial charge in [0.05, 0.1) is 11.0 Å². The first-order valence-electron chi connectivity index (χ1n) is 33.7. The van der Waals surface area contributed by atoms with Gasteiger partial charge in [0.1, 0.15) is 22.3 Å². The molecule has 0 spiro atoms. The van der Waals surface area contributed by atoms with Crippen molar-refractivity contribution in [3.05, 3.63) is 273 Å². The molecule has 0 aliphatic carbocycles. The summed E-state index contributed by atoms with van der Waals surface area (Å²) < 4.78 is 16.8. The Morgan fingerprint density at radius 1 is 0.448 bits per heavy atom. The van der Waals surface area contributed by atoms with E-state index in [1.165, 1.54) is 114 Å². The Bertz CT molecular complexity index is 6390. The van der Waals surface area contributed by atoms with Crippen LogP contribution in [-0.2, 0) is 5.41 Å². The quantitative estimate of drug-likeness (QED) is 0.0946. The number of nitrogens with zero attached hydrogens (tertiary/aromatic N) is 3. The molecule has 20 rings (SSSR count). The molecule has 6 heteroatoms. The number of furan rings is 2. The molecule has 4 aromatic heterocycles. The van der Waals surface area contributed by atoms with Crippen LogP contribution < -0.4 is 21.3 Å². The molecule has 14 aromatic carbocycles. The normalized spacial score (nSPS) is 13.3. The van der Waals surface area contributed by atoms with Crippen LogP contribution >= 0.6 is 0 Å². The van der Waals surface area contributed by atoms with E-state index in [-0.39, 0.29) is 17.5 Å². The van der Waals surface area contributed by atoms with Crippen LogP contribution in [0.1, 0.15) is 47.1 Å². The van der Waals surface area contributed by atoms with Crippen molar-refractivity contribution in [2.45, 2.75) is 47.0 Å². The first-order chi connectivity index (χ1) is 46.9. The Hall–Kier alpha value is -11.5. The average molecular weight is 1230 g/mol. The number of fused-ring (bicyclic) bond motifs is 27. The van der Waals surface area contributed by atoms with Gasteiger partial charge < -0.3 is 18.3 Å². The highest BCUT2D eigenvalue weighted by Gasteiger charge is 2.44. The molecule has 0 bridgehead atoms.